The molecule has 0 radical (unpaired) electrons. The summed E-state index contributed by atoms with van der Waals surface area (Å²) in [5.41, 5.74) is -0.396. The van der Waals surface area contributed by atoms with Gasteiger partial charge in [0, 0.05) is 48.0 Å². The molecule has 0 atom stereocenters. The Kier molecular flexibility index (Phi) is 5.83. The van der Waals surface area contributed by atoms with Gasteiger partial charge in [0.2, 0.25) is 0 Å². The first-order valence-corrected chi connectivity index (χ1v) is 11.8. The van der Waals surface area contributed by atoms with E-state index < -0.39 is 23.6 Å². The number of alkyl halides is 3. The fraction of sp³-hybridized carbons (Fsp3) is 0.296. The minimum absolute atomic E-state index is 0.103. The van der Waals surface area contributed by atoms with Crippen LogP contribution in [0.2, 0.25) is 0 Å². The fourth-order valence-electron chi connectivity index (χ4n) is 5.18. The maximum absolute atomic E-state index is 13.5. The second-order valence-electron chi connectivity index (χ2n) is 9.49. The number of quaternary nitrogens is 1. The Morgan fingerprint density at radius 1 is 0.972 bits per heavy atom. The van der Waals surface area contributed by atoms with E-state index in [4.69, 9.17) is 0 Å². The number of benzene rings is 3. The molecule has 186 valence electrons. The second kappa shape index (κ2) is 8.74. The number of nitrogens with one attached hydrogen (secondary N) is 1. The molecule has 3 aromatic rings. The summed E-state index contributed by atoms with van der Waals surface area (Å²) in [7, 11) is 3.90. The van der Waals surface area contributed by atoms with Gasteiger partial charge in [0.05, 0.1) is 31.4 Å². The van der Waals surface area contributed by atoms with Crippen molar-refractivity contribution in [1.82, 2.24) is 4.90 Å². The first-order chi connectivity index (χ1) is 17.1. The molecule has 0 aromatic heterocycles. The van der Waals surface area contributed by atoms with E-state index in [-0.39, 0.29) is 28.8 Å². The van der Waals surface area contributed by atoms with Crippen molar-refractivity contribution >= 4 is 34.2 Å². The number of anilines is 1. The van der Waals surface area contributed by atoms with Crippen molar-refractivity contribution in [3.8, 4) is 0 Å². The smallest absolute Gasteiger partial charge is 0.338 e. The van der Waals surface area contributed by atoms with Crippen LogP contribution in [-0.2, 0) is 6.18 Å². The van der Waals surface area contributed by atoms with E-state index in [9.17, 15) is 27.6 Å². The van der Waals surface area contributed by atoms with Crippen LogP contribution in [0.4, 0.5) is 18.9 Å². The molecule has 5 rings (SSSR count). The van der Waals surface area contributed by atoms with E-state index >= 15 is 0 Å². The van der Waals surface area contributed by atoms with Gasteiger partial charge in [-0.1, -0.05) is 18.2 Å². The van der Waals surface area contributed by atoms with Gasteiger partial charge in [-0.05, 0) is 41.8 Å². The van der Waals surface area contributed by atoms with Gasteiger partial charge in [-0.25, -0.2) is 4.90 Å². The van der Waals surface area contributed by atoms with Gasteiger partial charge >= 0.3 is 6.18 Å². The molecule has 2 heterocycles. The number of carbonyl (C=O) groups is 3. The SMILES string of the molecule is CN(C(=O)c1ccc2c3c(cccc13)C(=O)N(c1cccc(C(F)(F)F)c1)C2=O)C1CC[NH+](C)CC1. The van der Waals surface area contributed by atoms with Gasteiger partial charge in [-0.15, -0.1) is 0 Å². The molecular formula is C27H25F3N3O3+. The van der Waals surface area contributed by atoms with E-state index in [1.165, 1.54) is 23.1 Å². The third kappa shape index (κ3) is 3.93. The highest BCUT2D eigenvalue weighted by Crippen LogP contribution is 2.37. The maximum Gasteiger partial charge on any atom is 0.416 e. The summed E-state index contributed by atoms with van der Waals surface area (Å²) >= 11 is 0. The number of rotatable bonds is 3. The number of nitrogens with zero attached hydrogens (tertiary/aromatic N) is 2. The van der Waals surface area contributed by atoms with E-state index in [1.807, 2.05) is 0 Å². The number of hydrogen-bond donors (Lipinski definition) is 1. The Morgan fingerprint density at radius 3 is 2.28 bits per heavy atom. The van der Waals surface area contributed by atoms with Crippen LogP contribution in [0.15, 0.2) is 54.6 Å². The van der Waals surface area contributed by atoms with E-state index in [1.54, 1.807) is 30.1 Å². The standard InChI is InChI=1S/C27H24F3N3O3/c1-31-13-11-17(12-14-31)32(2)24(34)20-9-10-22-23-19(20)7-4-8-21(23)25(35)33(26(22)36)18-6-3-5-16(15-18)27(28,29)30/h3-10,15,17H,11-14H2,1-2H3/p+1. The van der Waals surface area contributed by atoms with Crippen LogP contribution in [0.1, 0.15) is 49.5 Å². The molecule has 0 bridgehead atoms. The molecule has 9 heteroatoms. The molecule has 3 amide bonds. The molecule has 2 aliphatic rings. The lowest BCUT2D eigenvalue weighted by Gasteiger charge is -2.34. The predicted octanol–water partition coefficient (Wildman–Crippen LogP) is 3.41. The number of carbonyl (C=O) groups excluding carboxylic acids is 3. The summed E-state index contributed by atoms with van der Waals surface area (Å²) in [6, 6.07) is 12.1. The molecule has 6 nitrogen and oxygen atoms in total. The Bertz CT molecular complexity index is 1370. The van der Waals surface area contributed by atoms with Gasteiger partial charge in [-0.2, -0.15) is 13.2 Å². The number of hydrogen-bond acceptors (Lipinski definition) is 3. The highest BCUT2D eigenvalue weighted by Gasteiger charge is 2.37. The minimum Gasteiger partial charge on any atom is -0.338 e. The average Bonchev–Trinajstić information content (AvgIpc) is 2.86. The third-order valence-electron chi connectivity index (χ3n) is 7.25. The van der Waals surface area contributed by atoms with Crippen LogP contribution in [-0.4, -0.2) is 55.8 Å². The number of amides is 3. The summed E-state index contributed by atoms with van der Waals surface area (Å²) in [5.74, 6) is -1.65. The van der Waals surface area contributed by atoms with Gasteiger partial charge < -0.3 is 9.80 Å². The van der Waals surface area contributed by atoms with Crippen LogP contribution in [0, 0.1) is 0 Å². The number of imide groups is 1. The summed E-state index contributed by atoms with van der Waals surface area (Å²) in [6.07, 6.45) is -2.84. The Hall–Kier alpha value is -3.72. The molecule has 1 saturated heterocycles. The Morgan fingerprint density at radius 2 is 1.61 bits per heavy atom. The first kappa shape index (κ1) is 24.0. The topological polar surface area (TPSA) is 62.1 Å². The zero-order chi connectivity index (χ0) is 25.8. The van der Waals surface area contributed by atoms with E-state index in [2.05, 4.69) is 7.05 Å². The monoisotopic (exact) mass is 496 g/mol. The van der Waals surface area contributed by atoms with Crippen LogP contribution < -0.4 is 9.80 Å². The Labute approximate surface area is 205 Å². The molecule has 1 fully saturated rings. The predicted molar refractivity (Wildman–Crippen MR) is 128 cm³/mol. The van der Waals surface area contributed by atoms with Gasteiger partial charge in [0.1, 0.15) is 0 Å². The van der Waals surface area contributed by atoms with Gasteiger partial charge in [0.25, 0.3) is 17.7 Å². The van der Waals surface area contributed by atoms with Crippen LogP contribution in [0.25, 0.3) is 10.8 Å². The van der Waals surface area contributed by atoms with Crippen molar-refractivity contribution in [2.45, 2.75) is 25.1 Å². The van der Waals surface area contributed by atoms with Crippen molar-refractivity contribution in [2.24, 2.45) is 0 Å². The summed E-state index contributed by atoms with van der Waals surface area (Å²) < 4.78 is 39.8. The molecule has 3 aromatic carbocycles. The van der Waals surface area contributed by atoms with Gasteiger partial charge in [0.15, 0.2) is 0 Å². The molecule has 0 unspecified atom stereocenters. The largest absolute Gasteiger partial charge is 0.416 e. The average molecular weight is 497 g/mol. The lowest BCUT2D eigenvalue weighted by atomic mass is 9.90. The molecule has 36 heavy (non-hydrogen) atoms. The summed E-state index contributed by atoms with van der Waals surface area (Å²) in [5, 5.41) is 0.827. The number of piperidine rings is 1. The minimum atomic E-state index is -4.62. The zero-order valence-electron chi connectivity index (χ0n) is 19.9. The van der Waals surface area contributed by atoms with Crippen molar-refractivity contribution < 1.29 is 32.5 Å². The molecule has 0 aliphatic carbocycles. The van der Waals surface area contributed by atoms with Gasteiger partial charge in [-0.3, -0.25) is 14.4 Å². The maximum atomic E-state index is 13.5. The van der Waals surface area contributed by atoms with Crippen molar-refractivity contribution in [3.63, 3.8) is 0 Å². The summed E-state index contributed by atoms with van der Waals surface area (Å²) in [4.78, 5) is 44.2. The molecule has 0 saturated carbocycles. The molecular weight excluding hydrogens is 471 g/mol. The van der Waals surface area contributed by atoms with Crippen molar-refractivity contribution in [1.29, 1.82) is 0 Å². The first-order valence-electron chi connectivity index (χ1n) is 11.8. The molecule has 1 N–H and O–H groups in total. The highest BCUT2D eigenvalue weighted by atomic mass is 19.4. The number of halogens is 3. The molecule has 2 aliphatic heterocycles. The lowest BCUT2D eigenvalue weighted by molar-refractivity contribution is -0.885. The van der Waals surface area contributed by atoms with E-state index in [0.717, 1.165) is 49.0 Å². The van der Waals surface area contributed by atoms with Crippen molar-refractivity contribution in [3.05, 3.63) is 76.9 Å². The second-order valence-corrected chi connectivity index (χ2v) is 9.49. The third-order valence-corrected chi connectivity index (χ3v) is 7.25. The van der Waals surface area contributed by atoms with Crippen LogP contribution in [0.5, 0.6) is 0 Å². The van der Waals surface area contributed by atoms with E-state index in [0.29, 0.717) is 16.3 Å². The van der Waals surface area contributed by atoms with Crippen molar-refractivity contribution in [2.75, 3.05) is 32.1 Å². The fourth-order valence-corrected chi connectivity index (χ4v) is 5.18. The molecule has 0 spiro atoms. The zero-order valence-corrected chi connectivity index (χ0v) is 19.9. The highest BCUT2D eigenvalue weighted by molar-refractivity contribution is 6.36. The van der Waals surface area contributed by atoms with Crippen LogP contribution in [0.3, 0.4) is 0 Å². The quantitative estimate of drug-likeness (QED) is 0.566. The normalized spacial score (nSPS) is 20.1. The summed E-state index contributed by atoms with van der Waals surface area (Å²) in [6.45, 7) is 1.95. The number of likely N-dealkylation sites (tertiary alicyclic amines) is 1. The van der Waals surface area contributed by atoms with Crippen LogP contribution >= 0.6 is 0 Å². The Balaban J connectivity index is 1.55. The lowest BCUT2D eigenvalue weighted by Crippen LogP contribution is -3.10.